The van der Waals surface area contributed by atoms with Crippen LogP contribution >= 0.6 is 0 Å². The predicted molar refractivity (Wildman–Crippen MR) is 44.7 cm³/mol. The van der Waals surface area contributed by atoms with E-state index in [-0.39, 0.29) is 12.1 Å². The highest BCUT2D eigenvalue weighted by Gasteiger charge is 2.33. The van der Waals surface area contributed by atoms with Gasteiger partial charge in [-0.3, -0.25) is 5.32 Å². The third-order valence-electron chi connectivity index (χ3n) is 1.49. The highest BCUT2D eigenvalue weighted by molar-refractivity contribution is 5.83. The largest absolute Gasteiger partial charge is 0.573 e. The van der Waals surface area contributed by atoms with E-state index in [9.17, 15) is 26.7 Å². The van der Waals surface area contributed by atoms with Gasteiger partial charge in [-0.15, -0.1) is 13.2 Å². The van der Waals surface area contributed by atoms with Gasteiger partial charge in [0.2, 0.25) is 0 Å². The number of ether oxygens (including phenoxy) is 1. The van der Waals surface area contributed by atoms with E-state index in [1.807, 2.05) is 0 Å². The van der Waals surface area contributed by atoms with Crippen molar-refractivity contribution in [1.82, 2.24) is 0 Å². The third kappa shape index (κ3) is 3.78. The van der Waals surface area contributed by atoms with E-state index in [4.69, 9.17) is 5.11 Å². The van der Waals surface area contributed by atoms with Crippen LogP contribution < -0.4 is 10.1 Å². The summed E-state index contributed by atoms with van der Waals surface area (Å²) >= 11 is 0. The number of hydrogen-bond acceptors (Lipinski definition) is 2. The summed E-state index contributed by atoms with van der Waals surface area (Å²) in [5, 5.41) is 9.70. The molecule has 4 nitrogen and oxygen atoms in total. The fraction of sp³-hybridized carbons (Fsp3) is 0.125. The zero-order chi connectivity index (χ0) is 13.2. The maximum Gasteiger partial charge on any atom is 0.573 e. The molecular formula is C8H4F5NO3. The van der Waals surface area contributed by atoms with Crippen molar-refractivity contribution in [2.75, 3.05) is 5.32 Å². The Hall–Kier alpha value is -2.06. The minimum absolute atomic E-state index is 0.0757. The lowest BCUT2D eigenvalue weighted by Crippen LogP contribution is -2.18. The van der Waals surface area contributed by atoms with Crippen molar-refractivity contribution in [3.8, 4) is 5.75 Å². The Morgan fingerprint density at radius 3 is 2.29 bits per heavy atom. The van der Waals surface area contributed by atoms with Crippen molar-refractivity contribution < 1.29 is 36.6 Å². The molecule has 0 saturated heterocycles. The number of alkyl halides is 3. The number of rotatable bonds is 2. The van der Waals surface area contributed by atoms with Crippen LogP contribution in [0.15, 0.2) is 12.1 Å². The van der Waals surface area contributed by atoms with Crippen LogP contribution in [0.25, 0.3) is 0 Å². The van der Waals surface area contributed by atoms with Crippen LogP contribution in [0.2, 0.25) is 0 Å². The predicted octanol–water partition coefficient (Wildman–Crippen LogP) is 2.95. The van der Waals surface area contributed by atoms with Gasteiger partial charge >= 0.3 is 12.5 Å². The van der Waals surface area contributed by atoms with Gasteiger partial charge < -0.3 is 9.84 Å². The number of hydrogen-bond donors (Lipinski definition) is 2. The second-order valence-corrected chi connectivity index (χ2v) is 2.74. The number of carboxylic acid groups (broad SMARTS) is 1. The smallest absolute Gasteiger partial charge is 0.465 e. The molecular weight excluding hydrogens is 253 g/mol. The standard InChI is InChI=1S/C8H4F5NO3/c9-3-1-4(10)6(17-8(11,12)13)2-5(3)14-7(15)16/h1-2,14H,(H,15,16). The minimum Gasteiger partial charge on any atom is -0.465 e. The fourth-order valence-electron chi connectivity index (χ4n) is 0.943. The lowest BCUT2D eigenvalue weighted by molar-refractivity contribution is -0.275. The first-order valence-corrected chi connectivity index (χ1v) is 3.94. The van der Waals surface area contributed by atoms with Gasteiger partial charge in [-0.05, 0) is 0 Å². The van der Waals surface area contributed by atoms with Gasteiger partial charge in [0.25, 0.3) is 0 Å². The SMILES string of the molecule is O=C(O)Nc1cc(OC(F)(F)F)c(F)cc1F. The quantitative estimate of drug-likeness (QED) is 0.801. The molecule has 0 aliphatic heterocycles. The van der Waals surface area contributed by atoms with Crippen molar-refractivity contribution in [3.63, 3.8) is 0 Å². The van der Waals surface area contributed by atoms with Crippen molar-refractivity contribution in [2.24, 2.45) is 0 Å². The topological polar surface area (TPSA) is 58.6 Å². The number of nitrogens with one attached hydrogen (secondary N) is 1. The Labute approximate surface area is 90.6 Å². The van der Waals surface area contributed by atoms with Crippen molar-refractivity contribution in [3.05, 3.63) is 23.8 Å². The summed E-state index contributed by atoms with van der Waals surface area (Å²) in [5.41, 5.74) is -0.849. The lowest BCUT2D eigenvalue weighted by atomic mass is 10.2. The van der Waals surface area contributed by atoms with E-state index in [1.54, 1.807) is 0 Å². The molecule has 0 aliphatic rings. The van der Waals surface area contributed by atoms with Gasteiger partial charge in [-0.2, -0.15) is 0 Å². The van der Waals surface area contributed by atoms with Gasteiger partial charge in [0.15, 0.2) is 11.6 Å². The second kappa shape index (κ2) is 4.44. The number of carbonyl (C=O) groups is 1. The molecule has 0 atom stereocenters. The highest BCUT2D eigenvalue weighted by Crippen LogP contribution is 2.29. The van der Waals surface area contributed by atoms with Crippen LogP contribution in [0.4, 0.5) is 32.4 Å². The van der Waals surface area contributed by atoms with Crippen LogP contribution in [0, 0.1) is 11.6 Å². The average Bonchev–Trinajstić information content (AvgIpc) is 2.10. The van der Waals surface area contributed by atoms with Gasteiger partial charge in [0, 0.05) is 12.1 Å². The van der Waals surface area contributed by atoms with Crippen molar-refractivity contribution >= 4 is 11.8 Å². The zero-order valence-electron chi connectivity index (χ0n) is 7.81. The number of halogens is 5. The Kier molecular flexibility index (Phi) is 3.39. The molecule has 0 unspecified atom stereocenters. The molecule has 0 heterocycles. The molecule has 0 aromatic heterocycles. The molecule has 1 aromatic rings. The van der Waals surface area contributed by atoms with Crippen LogP contribution in [0.5, 0.6) is 5.75 Å². The molecule has 0 bridgehead atoms. The van der Waals surface area contributed by atoms with E-state index >= 15 is 0 Å². The van der Waals surface area contributed by atoms with Crippen LogP contribution in [-0.4, -0.2) is 17.6 Å². The normalized spacial score (nSPS) is 11.1. The van der Waals surface area contributed by atoms with Crippen molar-refractivity contribution in [1.29, 1.82) is 0 Å². The molecule has 17 heavy (non-hydrogen) atoms. The monoisotopic (exact) mass is 257 g/mol. The van der Waals surface area contributed by atoms with Crippen LogP contribution in [-0.2, 0) is 0 Å². The molecule has 1 amide bonds. The Morgan fingerprint density at radius 2 is 1.82 bits per heavy atom. The first kappa shape index (κ1) is 13.0. The fourth-order valence-corrected chi connectivity index (χ4v) is 0.943. The maximum atomic E-state index is 12.9. The molecule has 0 aliphatic carbocycles. The van der Waals surface area contributed by atoms with Gasteiger partial charge in [0.05, 0.1) is 5.69 Å². The molecule has 94 valence electrons. The first-order valence-electron chi connectivity index (χ1n) is 3.94. The minimum atomic E-state index is -5.17. The third-order valence-corrected chi connectivity index (χ3v) is 1.49. The van der Waals surface area contributed by atoms with E-state index in [0.717, 1.165) is 0 Å². The van der Waals surface area contributed by atoms with Gasteiger partial charge in [-0.1, -0.05) is 0 Å². The summed E-state index contributed by atoms with van der Waals surface area (Å²) in [6, 6.07) is 0.332. The van der Waals surface area contributed by atoms with E-state index in [0.29, 0.717) is 0 Å². The van der Waals surface area contributed by atoms with Gasteiger partial charge in [0.1, 0.15) is 5.82 Å². The Morgan fingerprint density at radius 1 is 1.24 bits per heavy atom. The molecule has 1 rings (SSSR count). The zero-order valence-corrected chi connectivity index (χ0v) is 7.81. The molecule has 9 heteroatoms. The van der Waals surface area contributed by atoms with Crippen LogP contribution in [0.1, 0.15) is 0 Å². The summed E-state index contributed by atoms with van der Waals surface area (Å²) in [6.45, 7) is 0. The first-order chi connectivity index (χ1) is 7.69. The maximum absolute atomic E-state index is 12.9. The van der Waals surface area contributed by atoms with Crippen LogP contribution in [0.3, 0.4) is 0 Å². The van der Waals surface area contributed by atoms with E-state index in [1.165, 1.54) is 5.32 Å². The molecule has 1 aromatic carbocycles. The molecule has 0 fully saturated rings. The Bertz CT molecular complexity index is 446. The summed E-state index contributed by atoms with van der Waals surface area (Å²) in [4.78, 5) is 10.2. The highest BCUT2D eigenvalue weighted by atomic mass is 19.4. The summed E-state index contributed by atoms with van der Waals surface area (Å²) in [7, 11) is 0. The Balaban J connectivity index is 3.10. The van der Waals surface area contributed by atoms with E-state index < -0.39 is 35.5 Å². The summed E-state index contributed by atoms with van der Waals surface area (Å²) < 4.78 is 64.4. The number of amides is 1. The molecule has 0 spiro atoms. The second-order valence-electron chi connectivity index (χ2n) is 2.74. The van der Waals surface area contributed by atoms with Gasteiger partial charge in [-0.25, -0.2) is 13.6 Å². The van der Waals surface area contributed by atoms with Crippen molar-refractivity contribution in [2.45, 2.75) is 6.36 Å². The number of benzene rings is 1. The molecule has 2 N–H and O–H groups in total. The summed E-state index contributed by atoms with van der Waals surface area (Å²) in [5.74, 6) is -4.29. The molecule has 0 radical (unpaired) electrons. The van der Waals surface area contributed by atoms with E-state index in [2.05, 4.69) is 4.74 Å². The summed E-state index contributed by atoms with van der Waals surface area (Å²) in [6.07, 6.45) is -6.88. The average molecular weight is 257 g/mol. The number of anilines is 1. The lowest BCUT2D eigenvalue weighted by Gasteiger charge is -2.11. The molecule has 0 saturated carbocycles.